The summed E-state index contributed by atoms with van der Waals surface area (Å²) < 4.78 is 5.07. The van der Waals surface area contributed by atoms with Crippen LogP contribution in [0.4, 0.5) is 0 Å². The smallest absolute Gasteiger partial charge is 0.319 e. The van der Waals surface area contributed by atoms with Crippen LogP contribution in [-0.4, -0.2) is 17.4 Å². The molecule has 0 saturated carbocycles. The van der Waals surface area contributed by atoms with Crippen LogP contribution in [0.25, 0.3) is 0 Å². The Morgan fingerprint density at radius 2 is 2.06 bits per heavy atom. The zero-order valence-corrected chi connectivity index (χ0v) is 11.8. The van der Waals surface area contributed by atoms with Gasteiger partial charge in [0.15, 0.2) is 0 Å². The lowest BCUT2D eigenvalue weighted by Gasteiger charge is -2.09. The summed E-state index contributed by atoms with van der Waals surface area (Å²) in [6.45, 7) is 2.51. The Balaban J connectivity index is 2.20. The van der Waals surface area contributed by atoms with Gasteiger partial charge in [0.25, 0.3) is 0 Å². The van der Waals surface area contributed by atoms with Crippen molar-refractivity contribution in [1.29, 1.82) is 0 Å². The highest BCUT2D eigenvalue weighted by Gasteiger charge is 2.15. The van der Waals surface area contributed by atoms with E-state index in [4.69, 9.17) is 4.74 Å². The van der Waals surface area contributed by atoms with Gasteiger partial charge < -0.3 is 4.74 Å². The maximum atomic E-state index is 11.5. The number of halogens is 1. The zero-order chi connectivity index (χ0) is 12.5. The Hall–Kier alpha value is -0.830. The van der Waals surface area contributed by atoms with Crippen molar-refractivity contribution in [3.8, 4) is 0 Å². The third kappa shape index (κ3) is 5.87. The third-order valence-electron chi connectivity index (χ3n) is 2.47. The molecule has 0 bridgehead atoms. The number of carbonyl (C=O) groups is 1. The minimum atomic E-state index is -0.169. The van der Waals surface area contributed by atoms with Crippen molar-refractivity contribution in [2.75, 3.05) is 6.61 Å². The van der Waals surface area contributed by atoms with Crippen LogP contribution < -0.4 is 0 Å². The second-order valence-electron chi connectivity index (χ2n) is 4.01. The van der Waals surface area contributed by atoms with Gasteiger partial charge >= 0.3 is 5.97 Å². The van der Waals surface area contributed by atoms with Crippen molar-refractivity contribution in [2.24, 2.45) is 0 Å². The van der Waals surface area contributed by atoms with Gasteiger partial charge in [-0.1, -0.05) is 53.2 Å². The molecule has 3 heteroatoms. The molecule has 0 spiro atoms. The normalized spacial score (nSPS) is 12.1. The van der Waals surface area contributed by atoms with Crippen LogP contribution in [0.1, 0.15) is 31.7 Å². The summed E-state index contributed by atoms with van der Waals surface area (Å²) in [4.78, 5) is 11.3. The first-order chi connectivity index (χ1) is 8.24. The Kier molecular flexibility index (Phi) is 6.94. The largest absolute Gasteiger partial charge is 0.465 e. The lowest BCUT2D eigenvalue weighted by molar-refractivity contribution is -0.142. The van der Waals surface area contributed by atoms with Crippen LogP contribution in [0.3, 0.4) is 0 Å². The maximum absolute atomic E-state index is 11.5. The number of aryl methyl sites for hydroxylation is 1. The van der Waals surface area contributed by atoms with Gasteiger partial charge in [0.05, 0.1) is 6.61 Å². The molecule has 1 unspecified atom stereocenters. The minimum absolute atomic E-state index is 0.139. The van der Waals surface area contributed by atoms with E-state index in [2.05, 4.69) is 28.1 Å². The predicted octanol–water partition coefficient (Wildman–Crippen LogP) is 3.73. The molecule has 0 aromatic heterocycles. The summed E-state index contributed by atoms with van der Waals surface area (Å²) >= 11 is 3.37. The van der Waals surface area contributed by atoms with E-state index >= 15 is 0 Å². The first kappa shape index (κ1) is 14.2. The van der Waals surface area contributed by atoms with Gasteiger partial charge in [0.2, 0.25) is 0 Å². The summed E-state index contributed by atoms with van der Waals surface area (Å²) in [6, 6.07) is 10.3. The average Bonchev–Trinajstić information content (AvgIpc) is 2.37. The quantitative estimate of drug-likeness (QED) is 0.566. The Morgan fingerprint density at radius 1 is 1.35 bits per heavy atom. The van der Waals surface area contributed by atoms with E-state index < -0.39 is 0 Å². The SMILES string of the molecule is CCCOC(=O)C(Br)CCCc1ccccc1. The number of hydrogen-bond acceptors (Lipinski definition) is 2. The minimum Gasteiger partial charge on any atom is -0.465 e. The van der Waals surface area contributed by atoms with E-state index in [9.17, 15) is 4.79 Å². The number of rotatable bonds is 7. The molecule has 0 fully saturated rings. The summed E-state index contributed by atoms with van der Waals surface area (Å²) in [5, 5.41) is 0. The summed E-state index contributed by atoms with van der Waals surface area (Å²) in [5.41, 5.74) is 1.31. The molecule has 1 atom stereocenters. The van der Waals surface area contributed by atoms with E-state index in [1.54, 1.807) is 0 Å². The Labute approximate surface area is 111 Å². The van der Waals surface area contributed by atoms with Crippen molar-refractivity contribution in [3.05, 3.63) is 35.9 Å². The van der Waals surface area contributed by atoms with Crippen LogP contribution in [0, 0.1) is 0 Å². The number of hydrogen-bond donors (Lipinski definition) is 0. The Morgan fingerprint density at radius 3 is 2.71 bits per heavy atom. The predicted molar refractivity (Wildman–Crippen MR) is 73.3 cm³/mol. The second kappa shape index (κ2) is 8.29. The van der Waals surface area contributed by atoms with Gasteiger partial charge in [0.1, 0.15) is 4.83 Å². The molecule has 0 aliphatic carbocycles. The van der Waals surface area contributed by atoms with E-state index in [1.165, 1.54) is 5.56 Å². The zero-order valence-electron chi connectivity index (χ0n) is 10.2. The van der Waals surface area contributed by atoms with Gasteiger partial charge in [-0.2, -0.15) is 0 Å². The summed E-state index contributed by atoms with van der Waals surface area (Å²) in [7, 11) is 0. The van der Waals surface area contributed by atoms with Crippen molar-refractivity contribution in [1.82, 2.24) is 0 Å². The summed E-state index contributed by atoms with van der Waals surface area (Å²) in [6.07, 6.45) is 3.68. The third-order valence-corrected chi connectivity index (χ3v) is 3.30. The lowest BCUT2D eigenvalue weighted by Crippen LogP contribution is -2.18. The first-order valence-corrected chi connectivity index (χ1v) is 7.00. The van der Waals surface area contributed by atoms with Crippen molar-refractivity contribution < 1.29 is 9.53 Å². The van der Waals surface area contributed by atoms with E-state index in [-0.39, 0.29) is 10.8 Å². The lowest BCUT2D eigenvalue weighted by atomic mass is 10.1. The number of alkyl halides is 1. The molecular formula is C14H19BrO2. The number of benzene rings is 1. The van der Waals surface area contributed by atoms with Crippen LogP contribution in [-0.2, 0) is 16.0 Å². The number of ether oxygens (including phenoxy) is 1. The van der Waals surface area contributed by atoms with Crippen molar-refractivity contribution in [3.63, 3.8) is 0 Å². The molecular weight excluding hydrogens is 280 g/mol. The van der Waals surface area contributed by atoms with Gasteiger partial charge in [-0.15, -0.1) is 0 Å². The molecule has 0 aliphatic heterocycles. The van der Waals surface area contributed by atoms with Gasteiger partial charge in [-0.05, 0) is 31.2 Å². The molecule has 0 heterocycles. The fraction of sp³-hybridized carbons (Fsp3) is 0.500. The fourth-order valence-electron chi connectivity index (χ4n) is 1.54. The molecule has 0 amide bonds. The fourth-order valence-corrected chi connectivity index (χ4v) is 2.00. The molecule has 0 N–H and O–H groups in total. The van der Waals surface area contributed by atoms with Crippen molar-refractivity contribution >= 4 is 21.9 Å². The van der Waals surface area contributed by atoms with Gasteiger partial charge in [-0.3, -0.25) is 4.79 Å². The monoisotopic (exact) mass is 298 g/mol. The van der Waals surface area contributed by atoms with Gasteiger partial charge in [0, 0.05) is 0 Å². The summed E-state index contributed by atoms with van der Waals surface area (Å²) in [5.74, 6) is -0.139. The highest BCUT2D eigenvalue weighted by molar-refractivity contribution is 9.10. The van der Waals surface area contributed by atoms with Crippen LogP contribution in [0.5, 0.6) is 0 Å². The van der Waals surface area contributed by atoms with E-state index in [0.717, 1.165) is 25.7 Å². The molecule has 17 heavy (non-hydrogen) atoms. The standard InChI is InChI=1S/C14H19BrO2/c1-2-11-17-14(16)13(15)10-6-9-12-7-4-3-5-8-12/h3-5,7-8,13H,2,6,9-11H2,1H3. The highest BCUT2D eigenvalue weighted by Crippen LogP contribution is 2.13. The molecule has 1 aromatic rings. The number of esters is 1. The Bertz CT molecular complexity index is 324. The maximum Gasteiger partial charge on any atom is 0.319 e. The van der Waals surface area contributed by atoms with Crippen LogP contribution in [0.2, 0.25) is 0 Å². The first-order valence-electron chi connectivity index (χ1n) is 6.08. The molecule has 0 aliphatic rings. The molecule has 0 radical (unpaired) electrons. The molecule has 0 saturated heterocycles. The molecule has 94 valence electrons. The van der Waals surface area contributed by atoms with Gasteiger partial charge in [-0.25, -0.2) is 0 Å². The van der Waals surface area contributed by atoms with E-state index in [1.807, 2.05) is 25.1 Å². The van der Waals surface area contributed by atoms with Crippen LogP contribution in [0.15, 0.2) is 30.3 Å². The second-order valence-corrected chi connectivity index (χ2v) is 5.12. The number of carbonyl (C=O) groups excluding carboxylic acids is 1. The van der Waals surface area contributed by atoms with Crippen LogP contribution >= 0.6 is 15.9 Å². The average molecular weight is 299 g/mol. The topological polar surface area (TPSA) is 26.3 Å². The molecule has 2 nitrogen and oxygen atoms in total. The van der Waals surface area contributed by atoms with E-state index in [0.29, 0.717) is 6.61 Å². The van der Waals surface area contributed by atoms with Crippen molar-refractivity contribution in [2.45, 2.75) is 37.4 Å². The molecule has 1 aromatic carbocycles. The highest BCUT2D eigenvalue weighted by atomic mass is 79.9. The molecule has 1 rings (SSSR count).